The van der Waals surface area contributed by atoms with E-state index in [2.05, 4.69) is 0 Å². The molecule has 3 rings (SSSR count). The van der Waals surface area contributed by atoms with Crippen LogP contribution in [0.4, 0.5) is 0 Å². The molecule has 0 amide bonds. The van der Waals surface area contributed by atoms with Gasteiger partial charge in [-0.1, -0.05) is 36.4 Å². The third-order valence-electron chi connectivity index (χ3n) is 4.84. The Kier molecular flexibility index (Phi) is 12.9. The molecule has 37 heavy (non-hydrogen) atoms. The van der Waals surface area contributed by atoms with Gasteiger partial charge in [-0.2, -0.15) is 0 Å². The normalized spacial score (nSPS) is 11.3. The second-order valence-corrected chi connectivity index (χ2v) is 12.2. The first-order chi connectivity index (χ1) is 16.2. The summed E-state index contributed by atoms with van der Waals surface area (Å²) in [6.07, 6.45) is 0. The van der Waals surface area contributed by atoms with Gasteiger partial charge in [0, 0.05) is 0 Å². The van der Waals surface area contributed by atoms with Gasteiger partial charge in [-0.15, -0.1) is 0 Å². The van der Waals surface area contributed by atoms with Crippen LogP contribution in [0, 0.1) is 41.5 Å². The van der Waals surface area contributed by atoms with E-state index >= 15 is 0 Å². The first-order valence-corrected chi connectivity index (χ1v) is 14.6. The monoisotopic (exact) mass is 582 g/mol. The molecule has 9 nitrogen and oxygen atoms in total. The summed E-state index contributed by atoms with van der Waals surface area (Å²) in [5, 5.41) is 0. The van der Waals surface area contributed by atoms with Crippen molar-refractivity contribution in [3.63, 3.8) is 0 Å². The van der Waals surface area contributed by atoms with Gasteiger partial charge in [-0.3, -0.25) is 0 Å². The quantitative estimate of drug-likeness (QED) is 0.332. The van der Waals surface area contributed by atoms with Crippen LogP contribution < -0.4 is 0 Å². The van der Waals surface area contributed by atoms with E-state index in [9.17, 15) is 38.9 Å². The minimum Gasteiger partial charge on any atom is -0.744 e. The van der Waals surface area contributed by atoms with Crippen LogP contribution >= 0.6 is 0 Å². The molecule has 0 bridgehead atoms. The number of benzene rings is 3. The summed E-state index contributed by atoms with van der Waals surface area (Å²) in [6.45, 7) is 10.0. The molecule has 13 heteroatoms. The van der Waals surface area contributed by atoms with Crippen molar-refractivity contribution in [2.45, 2.75) is 56.2 Å². The summed E-state index contributed by atoms with van der Waals surface area (Å²) in [6, 6.07) is 14.3. The van der Waals surface area contributed by atoms with Crippen LogP contribution in [0.25, 0.3) is 0 Å². The Hall–Kier alpha value is -2.08. The van der Waals surface area contributed by atoms with E-state index in [4.69, 9.17) is 0 Å². The predicted octanol–water partition coefficient (Wildman–Crippen LogP) is 3.24. The van der Waals surface area contributed by atoms with Gasteiger partial charge in [0.2, 0.25) is 0 Å². The Morgan fingerprint density at radius 3 is 0.757 bits per heavy atom. The summed E-state index contributed by atoms with van der Waals surface area (Å²) in [7, 11) is -12.9. The largest absolute Gasteiger partial charge is 3.00 e. The van der Waals surface area contributed by atoms with Crippen LogP contribution in [0.1, 0.15) is 33.4 Å². The van der Waals surface area contributed by atoms with E-state index in [1.54, 1.807) is 77.9 Å². The van der Waals surface area contributed by atoms with Crippen LogP contribution in [0.2, 0.25) is 0 Å². The van der Waals surface area contributed by atoms with E-state index in [-0.39, 0.29) is 32.0 Å². The van der Waals surface area contributed by atoms with Crippen molar-refractivity contribution in [3.05, 3.63) is 88.0 Å². The molecule has 3 aromatic rings. The third kappa shape index (κ3) is 11.5. The summed E-state index contributed by atoms with van der Waals surface area (Å²) in [5.74, 6) is 0. The van der Waals surface area contributed by atoms with Crippen LogP contribution in [0.15, 0.2) is 69.3 Å². The summed E-state index contributed by atoms with van der Waals surface area (Å²) >= 11 is 0. The van der Waals surface area contributed by atoms with Crippen LogP contribution in [0.5, 0.6) is 0 Å². The van der Waals surface area contributed by atoms with Gasteiger partial charge in [0.05, 0.1) is 14.7 Å². The summed E-state index contributed by atoms with van der Waals surface area (Å²) in [4.78, 5) is -0.368. The van der Waals surface area contributed by atoms with E-state index in [1.807, 2.05) is 0 Å². The molecule has 198 valence electrons. The number of hydrogen-bond donors (Lipinski definition) is 0. The van der Waals surface area contributed by atoms with E-state index in [1.165, 1.54) is 18.2 Å². The zero-order valence-electron chi connectivity index (χ0n) is 21.2. The van der Waals surface area contributed by atoms with Crippen molar-refractivity contribution in [2.75, 3.05) is 0 Å². The average molecular weight is 583 g/mol. The first kappa shape index (κ1) is 34.9. The molecule has 0 spiro atoms. The summed E-state index contributed by atoms with van der Waals surface area (Å²) < 4.78 is 95.9. The standard InChI is InChI=1S/3C8H10O3S.Al/c3*1-6-3-4-7(2)8(5-6)12(9,10)11;/h3*3-5H,1-2H3,(H,9,10,11);/q;;;+3/p-3. The predicted molar refractivity (Wildman–Crippen MR) is 137 cm³/mol. The van der Waals surface area contributed by atoms with Crippen LogP contribution in [-0.2, 0) is 30.4 Å². The molecule has 0 unspecified atom stereocenters. The zero-order valence-corrected chi connectivity index (χ0v) is 24.8. The average Bonchev–Trinajstić information content (AvgIpc) is 2.72. The molecular weight excluding hydrogens is 555 g/mol. The minimum absolute atomic E-state index is 0. The fraction of sp³-hybridized carbons (Fsp3) is 0.250. The van der Waals surface area contributed by atoms with Crippen molar-refractivity contribution >= 4 is 47.7 Å². The minimum atomic E-state index is -4.31. The second-order valence-electron chi connectivity index (χ2n) is 8.17. The third-order valence-corrected chi connectivity index (χ3v) is 7.77. The van der Waals surface area contributed by atoms with Gasteiger partial charge >= 0.3 is 17.4 Å². The van der Waals surface area contributed by atoms with Gasteiger partial charge in [0.25, 0.3) is 0 Å². The van der Waals surface area contributed by atoms with Crippen molar-refractivity contribution in [3.8, 4) is 0 Å². The SMILES string of the molecule is Cc1ccc(C)c(S(=O)(=O)[O-])c1.Cc1ccc(C)c(S(=O)(=O)[O-])c1.Cc1ccc(C)c(S(=O)(=O)[O-])c1.[Al+3]. The van der Waals surface area contributed by atoms with E-state index in [0.29, 0.717) is 16.7 Å². The van der Waals surface area contributed by atoms with Crippen molar-refractivity contribution < 1.29 is 38.9 Å². The number of rotatable bonds is 3. The van der Waals surface area contributed by atoms with Gasteiger partial charge in [0.1, 0.15) is 30.4 Å². The van der Waals surface area contributed by atoms with Gasteiger partial charge in [-0.05, 0) is 93.1 Å². The molecule has 0 N–H and O–H groups in total. The molecule has 0 aliphatic rings. The fourth-order valence-electron chi connectivity index (χ4n) is 2.93. The van der Waals surface area contributed by atoms with Crippen molar-refractivity contribution in [1.29, 1.82) is 0 Å². The molecule has 3 aromatic carbocycles. The second kappa shape index (κ2) is 13.6. The van der Waals surface area contributed by atoms with Gasteiger partial charge < -0.3 is 13.7 Å². The molecule has 0 radical (unpaired) electrons. The Morgan fingerprint density at radius 1 is 0.432 bits per heavy atom. The Labute approximate surface area is 230 Å². The topological polar surface area (TPSA) is 172 Å². The molecule has 0 atom stereocenters. The molecule has 0 aliphatic heterocycles. The molecule has 0 aromatic heterocycles. The maximum Gasteiger partial charge on any atom is 3.00 e. The summed E-state index contributed by atoms with van der Waals surface area (Å²) in [5.41, 5.74) is 3.81. The maximum atomic E-state index is 10.7. The number of aryl methyl sites for hydroxylation is 6. The van der Waals surface area contributed by atoms with Gasteiger partial charge in [-0.25, -0.2) is 25.3 Å². The van der Waals surface area contributed by atoms with Crippen LogP contribution in [0.3, 0.4) is 0 Å². The molecule has 0 aliphatic carbocycles. The first-order valence-electron chi connectivity index (χ1n) is 10.3. The molecule has 0 fully saturated rings. The van der Waals surface area contributed by atoms with Crippen molar-refractivity contribution in [2.24, 2.45) is 0 Å². The molecule has 0 heterocycles. The number of hydrogen-bond acceptors (Lipinski definition) is 9. The van der Waals surface area contributed by atoms with E-state index in [0.717, 1.165) is 16.7 Å². The van der Waals surface area contributed by atoms with E-state index < -0.39 is 30.4 Å². The Bertz CT molecular complexity index is 1370. The Morgan fingerprint density at radius 2 is 0.622 bits per heavy atom. The fourth-order valence-corrected chi connectivity index (χ4v) is 5.31. The van der Waals surface area contributed by atoms with Crippen molar-refractivity contribution in [1.82, 2.24) is 0 Å². The Balaban J connectivity index is 0.000000518. The molecule has 0 saturated heterocycles. The van der Waals surface area contributed by atoms with Crippen LogP contribution in [-0.4, -0.2) is 56.3 Å². The maximum absolute atomic E-state index is 10.7. The van der Waals surface area contributed by atoms with Gasteiger partial charge in [0.15, 0.2) is 0 Å². The molecule has 0 saturated carbocycles. The zero-order chi connectivity index (χ0) is 28.1. The molecular formula is C24H27AlO9S3. The smallest absolute Gasteiger partial charge is 0.744 e.